The van der Waals surface area contributed by atoms with Crippen molar-refractivity contribution >= 4 is 0 Å². The summed E-state index contributed by atoms with van der Waals surface area (Å²) in [6, 6.07) is 0. The lowest BCUT2D eigenvalue weighted by atomic mass is 10.4. The predicted molar refractivity (Wildman–Crippen MR) is 29.5 cm³/mol. The summed E-state index contributed by atoms with van der Waals surface area (Å²) in [6.45, 7) is 0. The molecule has 0 aliphatic heterocycles. The molecule has 0 aromatic carbocycles. The Morgan fingerprint density at radius 2 is 0.667 bits per heavy atom. The van der Waals surface area contributed by atoms with Crippen molar-refractivity contribution in [3.05, 3.63) is 7.43 Å². The Morgan fingerprint density at radius 3 is 0.833 bits per heavy atom. The molecule has 37 valence electrons. The highest BCUT2D eigenvalue weighted by Crippen LogP contribution is 2.15. The van der Waals surface area contributed by atoms with Crippen molar-refractivity contribution in [1.29, 1.82) is 0 Å². The molecule has 1 radical (unpaired) electrons. The minimum atomic E-state index is 0. The van der Waals surface area contributed by atoms with E-state index in [9.17, 15) is 0 Å². The average Bonchev–Trinajstić information content (AvgIpc) is 1.76. The minimum Gasteiger partial charge on any atom is -0.0683 e. The molecule has 0 atom stereocenters. The lowest BCUT2D eigenvalue weighted by Gasteiger charge is -1.67. The molecule has 1 rings (SSSR count). The van der Waals surface area contributed by atoms with E-state index in [0.29, 0.717) is 0 Å². The number of rotatable bonds is 0. The fourth-order valence-corrected chi connectivity index (χ4v) is 0.884. The molecule has 0 amide bonds. The van der Waals surface area contributed by atoms with Gasteiger partial charge in [0.1, 0.15) is 0 Å². The lowest BCUT2D eigenvalue weighted by Crippen LogP contribution is -1.47. The van der Waals surface area contributed by atoms with Crippen LogP contribution < -0.4 is 0 Å². The molecule has 1 fully saturated rings. The van der Waals surface area contributed by atoms with Crippen molar-refractivity contribution < 1.29 is 0 Å². The van der Waals surface area contributed by atoms with Crippen LogP contribution in [0.4, 0.5) is 0 Å². The van der Waals surface area contributed by atoms with Crippen LogP contribution in [-0.2, 0) is 0 Å². The van der Waals surface area contributed by atoms with Gasteiger partial charge in [0, 0.05) is 0 Å². The van der Waals surface area contributed by atoms with E-state index < -0.39 is 0 Å². The molecule has 1 saturated carbocycles. The summed E-state index contributed by atoms with van der Waals surface area (Å²) in [6.07, 6.45) is 7.50. The third-order valence-corrected chi connectivity index (χ3v) is 1.25. The van der Waals surface area contributed by atoms with E-state index in [1.807, 2.05) is 0 Å². The highest BCUT2D eigenvalue weighted by Gasteiger charge is 1.95. The zero-order valence-electron chi connectivity index (χ0n) is 4.54. The maximum atomic E-state index is 1.50. The summed E-state index contributed by atoms with van der Waals surface area (Å²) in [5.41, 5.74) is 0. The average molecular weight is 85.2 g/mol. The Morgan fingerprint density at radius 1 is 0.500 bits per heavy atom. The Kier molecular flexibility index (Phi) is 3.20. The first kappa shape index (κ1) is 6.00. The second kappa shape index (κ2) is 3.20. The van der Waals surface area contributed by atoms with E-state index in [1.165, 1.54) is 32.1 Å². The van der Waals surface area contributed by atoms with Crippen LogP contribution in [0.1, 0.15) is 32.1 Å². The maximum Gasteiger partial charge on any atom is -0.0533 e. The van der Waals surface area contributed by atoms with Gasteiger partial charge in [0.25, 0.3) is 0 Å². The molecule has 0 spiro atoms. The monoisotopic (exact) mass is 85.1 g/mol. The summed E-state index contributed by atoms with van der Waals surface area (Å²) in [5.74, 6) is 0. The van der Waals surface area contributed by atoms with Gasteiger partial charge < -0.3 is 0 Å². The summed E-state index contributed by atoms with van der Waals surface area (Å²) in [7, 11) is 0. The summed E-state index contributed by atoms with van der Waals surface area (Å²) in [5, 5.41) is 0. The maximum absolute atomic E-state index is 1.50. The highest BCUT2D eigenvalue weighted by molar-refractivity contribution is 4.51. The van der Waals surface area contributed by atoms with Crippen molar-refractivity contribution in [3.63, 3.8) is 0 Å². The SMILES string of the molecule is C1CCCC1.[CH3]. The fourth-order valence-electron chi connectivity index (χ4n) is 0.884. The van der Waals surface area contributed by atoms with Crippen LogP contribution in [0.15, 0.2) is 0 Å². The van der Waals surface area contributed by atoms with E-state index in [1.54, 1.807) is 0 Å². The highest BCUT2D eigenvalue weighted by atomic mass is 14.0. The summed E-state index contributed by atoms with van der Waals surface area (Å²) >= 11 is 0. The first-order chi connectivity index (χ1) is 2.50. The van der Waals surface area contributed by atoms with Crippen LogP contribution in [0.25, 0.3) is 0 Å². The van der Waals surface area contributed by atoms with Crippen LogP contribution in [-0.4, -0.2) is 0 Å². The van der Waals surface area contributed by atoms with Crippen LogP contribution in [0.2, 0.25) is 0 Å². The molecule has 1 aliphatic carbocycles. The summed E-state index contributed by atoms with van der Waals surface area (Å²) < 4.78 is 0. The standard InChI is InChI=1S/C5H10.CH3/c1-2-4-5-3-1;/h1-5H2;1H3. The third kappa shape index (κ3) is 1.44. The van der Waals surface area contributed by atoms with Gasteiger partial charge in [0.15, 0.2) is 0 Å². The summed E-state index contributed by atoms with van der Waals surface area (Å²) in [4.78, 5) is 0. The first-order valence-electron chi connectivity index (χ1n) is 2.50. The van der Waals surface area contributed by atoms with Gasteiger partial charge in [-0.3, -0.25) is 0 Å². The quantitative estimate of drug-likeness (QED) is 0.423. The largest absolute Gasteiger partial charge is 0.0683 e. The topological polar surface area (TPSA) is 0 Å². The number of hydrogen-bond acceptors (Lipinski definition) is 0. The zero-order valence-corrected chi connectivity index (χ0v) is 4.54. The molecule has 0 nitrogen and oxygen atoms in total. The van der Waals surface area contributed by atoms with Crippen LogP contribution in [0.3, 0.4) is 0 Å². The Bertz CT molecular complexity index is 11.6. The molecule has 0 aromatic rings. The molecule has 0 aromatic heterocycles. The van der Waals surface area contributed by atoms with Gasteiger partial charge in [-0.25, -0.2) is 0 Å². The van der Waals surface area contributed by atoms with Crippen molar-refractivity contribution in [2.75, 3.05) is 0 Å². The molecule has 0 N–H and O–H groups in total. The minimum absolute atomic E-state index is 0. The van der Waals surface area contributed by atoms with Gasteiger partial charge in [0.2, 0.25) is 0 Å². The fraction of sp³-hybridized carbons (Fsp3) is 0.833. The van der Waals surface area contributed by atoms with Crippen molar-refractivity contribution in [2.45, 2.75) is 32.1 Å². The Hall–Kier alpha value is 0. The predicted octanol–water partition coefficient (Wildman–Crippen LogP) is 2.40. The Labute approximate surface area is 40.6 Å². The zero-order chi connectivity index (χ0) is 3.54. The van der Waals surface area contributed by atoms with E-state index >= 15 is 0 Å². The van der Waals surface area contributed by atoms with E-state index in [-0.39, 0.29) is 7.43 Å². The van der Waals surface area contributed by atoms with Crippen LogP contribution in [0.5, 0.6) is 0 Å². The molecule has 0 heterocycles. The van der Waals surface area contributed by atoms with Gasteiger partial charge in [-0.05, 0) is 0 Å². The normalized spacial score (nSPS) is 20.0. The third-order valence-electron chi connectivity index (χ3n) is 1.25. The lowest BCUT2D eigenvalue weighted by molar-refractivity contribution is 0.886. The molecular formula is C6H13. The van der Waals surface area contributed by atoms with Crippen molar-refractivity contribution in [2.24, 2.45) is 0 Å². The van der Waals surface area contributed by atoms with E-state index in [4.69, 9.17) is 0 Å². The Balaban J connectivity index is 0.000000250. The van der Waals surface area contributed by atoms with Gasteiger partial charge in [0.05, 0.1) is 0 Å². The molecule has 6 heavy (non-hydrogen) atoms. The van der Waals surface area contributed by atoms with Crippen LogP contribution >= 0.6 is 0 Å². The molecule has 0 heteroatoms. The van der Waals surface area contributed by atoms with Gasteiger partial charge in [-0.1, -0.05) is 39.5 Å². The molecular weight excluding hydrogens is 72.1 g/mol. The first-order valence-corrected chi connectivity index (χ1v) is 2.50. The molecule has 0 saturated heterocycles. The van der Waals surface area contributed by atoms with Crippen LogP contribution in [0, 0.1) is 7.43 Å². The van der Waals surface area contributed by atoms with Gasteiger partial charge in [-0.15, -0.1) is 0 Å². The molecule has 1 aliphatic rings. The molecule has 0 unspecified atom stereocenters. The van der Waals surface area contributed by atoms with E-state index in [0.717, 1.165) is 0 Å². The number of hydrogen-bond donors (Lipinski definition) is 0. The van der Waals surface area contributed by atoms with Crippen molar-refractivity contribution in [3.8, 4) is 0 Å². The second-order valence-electron chi connectivity index (χ2n) is 1.77. The van der Waals surface area contributed by atoms with Gasteiger partial charge >= 0.3 is 0 Å². The van der Waals surface area contributed by atoms with Gasteiger partial charge in [-0.2, -0.15) is 0 Å². The van der Waals surface area contributed by atoms with E-state index in [2.05, 4.69) is 0 Å². The smallest absolute Gasteiger partial charge is 0.0533 e. The second-order valence-corrected chi connectivity index (χ2v) is 1.77. The van der Waals surface area contributed by atoms with Crippen molar-refractivity contribution in [1.82, 2.24) is 0 Å². The molecule has 0 bridgehead atoms.